The first-order valence-corrected chi connectivity index (χ1v) is 7.12. The molecule has 94 valence electrons. The van der Waals surface area contributed by atoms with E-state index in [0.29, 0.717) is 10.6 Å². The molecule has 0 heterocycles. The number of anilines is 1. The normalized spacial score (nSPS) is 11.2. The molecule has 0 atom stereocenters. The molecule has 2 aromatic carbocycles. The van der Waals surface area contributed by atoms with E-state index in [4.69, 9.17) is 0 Å². The number of hydrogen-bond acceptors (Lipinski definition) is 2. The van der Waals surface area contributed by atoms with Crippen molar-refractivity contribution >= 4 is 15.7 Å². The first kappa shape index (κ1) is 12.6. The Morgan fingerprint density at radius 2 is 1.44 bits per heavy atom. The van der Waals surface area contributed by atoms with Crippen LogP contribution in [0, 0.1) is 13.8 Å². The minimum Gasteiger partial charge on any atom is -0.280 e. The summed E-state index contributed by atoms with van der Waals surface area (Å²) in [4.78, 5) is 0.295. The first-order chi connectivity index (χ1) is 8.47. The van der Waals surface area contributed by atoms with Crippen LogP contribution in [0.15, 0.2) is 53.4 Å². The van der Waals surface area contributed by atoms with Gasteiger partial charge in [-0.2, -0.15) is 0 Å². The first-order valence-electron chi connectivity index (χ1n) is 5.63. The smallest absolute Gasteiger partial charge is 0.261 e. The van der Waals surface area contributed by atoms with Gasteiger partial charge < -0.3 is 0 Å². The maximum Gasteiger partial charge on any atom is 0.261 e. The number of sulfonamides is 1. The average Bonchev–Trinajstić information content (AvgIpc) is 2.28. The highest BCUT2D eigenvalue weighted by Gasteiger charge is 2.14. The Morgan fingerprint density at radius 3 is 2.00 bits per heavy atom. The Bertz CT molecular complexity index is 628. The van der Waals surface area contributed by atoms with Gasteiger partial charge in [-0.25, -0.2) is 8.42 Å². The Labute approximate surface area is 108 Å². The molecule has 0 unspecified atom stereocenters. The highest BCUT2D eigenvalue weighted by molar-refractivity contribution is 7.92. The summed E-state index contributed by atoms with van der Waals surface area (Å²) >= 11 is 0. The van der Waals surface area contributed by atoms with Crippen molar-refractivity contribution in [3.05, 3.63) is 59.7 Å². The maximum absolute atomic E-state index is 12.2. The summed E-state index contributed by atoms with van der Waals surface area (Å²) < 4.78 is 27.0. The molecule has 0 amide bonds. The molecule has 0 saturated carbocycles. The van der Waals surface area contributed by atoms with Crippen LogP contribution in [0.2, 0.25) is 0 Å². The molecule has 0 aliphatic carbocycles. The molecule has 1 N–H and O–H groups in total. The van der Waals surface area contributed by atoms with E-state index in [-0.39, 0.29) is 0 Å². The number of benzene rings is 2. The minimum absolute atomic E-state index is 0.295. The van der Waals surface area contributed by atoms with Crippen molar-refractivity contribution in [2.75, 3.05) is 4.72 Å². The van der Waals surface area contributed by atoms with Gasteiger partial charge in [-0.05, 0) is 49.2 Å². The number of aryl methyl sites for hydroxylation is 2. The molecular weight excluding hydrogens is 246 g/mol. The second-order valence-electron chi connectivity index (χ2n) is 4.29. The molecule has 0 saturated heterocycles. The highest BCUT2D eigenvalue weighted by Crippen LogP contribution is 2.18. The van der Waals surface area contributed by atoms with E-state index in [1.807, 2.05) is 26.0 Å². The van der Waals surface area contributed by atoms with Crippen molar-refractivity contribution in [3.63, 3.8) is 0 Å². The molecule has 0 bridgehead atoms. The zero-order valence-electron chi connectivity index (χ0n) is 10.3. The summed E-state index contributed by atoms with van der Waals surface area (Å²) in [7, 11) is -3.51. The fourth-order valence-corrected chi connectivity index (χ4v) is 3.05. The fourth-order valence-electron chi connectivity index (χ4n) is 1.81. The van der Waals surface area contributed by atoms with Gasteiger partial charge in [0.2, 0.25) is 0 Å². The lowest BCUT2D eigenvalue weighted by atomic mass is 10.2. The van der Waals surface area contributed by atoms with Gasteiger partial charge in [0.1, 0.15) is 0 Å². The van der Waals surface area contributed by atoms with Gasteiger partial charge in [0, 0.05) is 5.69 Å². The minimum atomic E-state index is -3.51. The van der Waals surface area contributed by atoms with Crippen LogP contribution >= 0.6 is 0 Å². The van der Waals surface area contributed by atoms with Crippen LogP contribution in [0.25, 0.3) is 0 Å². The van der Waals surface area contributed by atoms with E-state index in [1.165, 1.54) is 0 Å². The summed E-state index contributed by atoms with van der Waals surface area (Å²) in [5.74, 6) is 0. The van der Waals surface area contributed by atoms with Gasteiger partial charge in [-0.3, -0.25) is 4.72 Å². The van der Waals surface area contributed by atoms with Crippen molar-refractivity contribution in [2.24, 2.45) is 0 Å². The highest BCUT2D eigenvalue weighted by atomic mass is 32.2. The lowest BCUT2D eigenvalue weighted by Gasteiger charge is -2.09. The Hall–Kier alpha value is -1.81. The molecule has 4 heteroatoms. The Morgan fingerprint density at radius 1 is 0.889 bits per heavy atom. The summed E-state index contributed by atoms with van der Waals surface area (Å²) in [6.07, 6.45) is 0. The van der Waals surface area contributed by atoms with E-state index >= 15 is 0 Å². The molecule has 0 spiro atoms. The molecule has 18 heavy (non-hydrogen) atoms. The van der Waals surface area contributed by atoms with Crippen molar-refractivity contribution in [2.45, 2.75) is 18.7 Å². The van der Waals surface area contributed by atoms with E-state index in [2.05, 4.69) is 4.72 Å². The van der Waals surface area contributed by atoms with E-state index in [0.717, 1.165) is 11.1 Å². The molecule has 2 aromatic rings. The zero-order valence-corrected chi connectivity index (χ0v) is 11.2. The van der Waals surface area contributed by atoms with Crippen LogP contribution < -0.4 is 4.72 Å². The lowest BCUT2D eigenvalue weighted by Crippen LogP contribution is -2.13. The van der Waals surface area contributed by atoms with Crippen LogP contribution in [0.3, 0.4) is 0 Å². The summed E-state index contributed by atoms with van der Waals surface area (Å²) in [6, 6.07) is 14.1. The van der Waals surface area contributed by atoms with Gasteiger partial charge in [0.15, 0.2) is 0 Å². The number of rotatable bonds is 3. The molecular formula is C14H15NO2S. The quantitative estimate of drug-likeness (QED) is 0.922. The third kappa shape index (κ3) is 2.90. The molecule has 0 aromatic heterocycles. The standard InChI is InChI=1S/C14H15NO2S/c1-11-8-12(2)10-14(9-11)18(16,17)15-13-6-4-3-5-7-13/h3-10,15H,1-2H3. The number of para-hydroxylation sites is 1. The van der Waals surface area contributed by atoms with Crippen LogP contribution in [0.4, 0.5) is 5.69 Å². The van der Waals surface area contributed by atoms with Crippen LogP contribution in [0.5, 0.6) is 0 Å². The lowest BCUT2D eigenvalue weighted by molar-refractivity contribution is 0.601. The number of hydrogen-bond donors (Lipinski definition) is 1. The van der Waals surface area contributed by atoms with Gasteiger partial charge in [0.05, 0.1) is 4.90 Å². The number of nitrogens with one attached hydrogen (secondary N) is 1. The molecule has 0 aliphatic heterocycles. The van der Waals surface area contributed by atoms with Crippen LogP contribution in [-0.4, -0.2) is 8.42 Å². The van der Waals surface area contributed by atoms with E-state index < -0.39 is 10.0 Å². The van der Waals surface area contributed by atoms with Gasteiger partial charge in [-0.15, -0.1) is 0 Å². The van der Waals surface area contributed by atoms with Crippen LogP contribution in [-0.2, 0) is 10.0 Å². The third-order valence-corrected chi connectivity index (χ3v) is 3.89. The van der Waals surface area contributed by atoms with E-state index in [9.17, 15) is 8.42 Å². The average molecular weight is 261 g/mol. The molecule has 2 rings (SSSR count). The SMILES string of the molecule is Cc1cc(C)cc(S(=O)(=O)Nc2ccccc2)c1. The summed E-state index contributed by atoms with van der Waals surface area (Å²) in [5, 5.41) is 0. The van der Waals surface area contributed by atoms with Gasteiger partial charge >= 0.3 is 0 Å². The van der Waals surface area contributed by atoms with Gasteiger partial charge in [0.25, 0.3) is 10.0 Å². The largest absolute Gasteiger partial charge is 0.280 e. The topological polar surface area (TPSA) is 46.2 Å². The Kier molecular flexibility index (Phi) is 3.39. The van der Waals surface area contributed by atoms with Crippen molar-refractivity contribution < 1.29 is 8.42 Å². The van der Waals surface area contributed by atoms with Crippen LogP contribution in [0.1, 0.15) is 11.1 Å². The summed E-state index contributed by atoms with van der Waals surface area (Å²) in [6.45, 7) is 3.77. The predicted molar refractivity (Wildman–Crippen MR) is 73.2 cm³/mol. The monoisotopic (exact) mass is 261 g/mol. The van der Waals surface area contributed by atoms with Crippen molar-refractivity contribution in [3.8, 4) is 0 Å². The fraction of sp³-hybridized carbons (Fsp3) is 0.143. The second kappa shape index (κ2) is 4.82. The molecule has 0 radical (unpaired) electrons. The van der Waals surface area contributed by atoms with E-state index in [1.54, 1.807) is 36.4 Å². The molecule has 0 aliphatic rings. The maximum atomic E-state index is 12.2. The van der Waals surface area contributed by atoms with Gasteiger partial charge in [-0.1, -0.05) is 24.3 Å². The molecule has 3 nitrogen and oxygen atoms in total. The third-order valence-electron chi connectivity index (χ3n) is 2.53. The summed E-state index contributed by atoms with van der Waals surface area (Å²) in [5.41, 5.74) is 2.43. The van der Waals surface area contributed by atoms with Crippen molar-refractivity contribution in [1.82, 2.24) is 0 Å². The predicted octanol–water partition coefficient (Wildman–Crippen LogP) is 3.10. The Balaban J connectivity index is 2.37. The molecule has 0 fully saturated rings. The van der Waals surface area contributed by atoms with Crippen molar-refractivity contribution in [1.29, 1.82) is 0 Å². The zero-order chi connectivity index (χ0) is 13.2. The second-order valence-corrected chi connectivity index (χ2v) is 5.98.